The molecule has 1 rings (SSSR count). The number of ether oxygens (including phenoxy) is 1. The maximum atomic E-state index is 13.7. The largest absolute Gasteiger partial charge is 0.469 e. The molecule has 2 atom stereocenters. The van der Waals surface area contributed by atoms with Gasteiger partial charge in [-0.25, -0.2) is 4.39 Å². The summed E-state index contributed by atoms with van der Waals surface area (Å²) < 4.78 is 18.4. The van der Waals surface area contributed by atoms with Gasteiger partial charge in [-0.2, -0.15) is 0 Å². The number of benzene rings is 1. The third-order valence-electron chi connectivity index (χ3n) is 3.62. The molecule has 112 valence electrons. The van der Waals surface area contributed by atoms with Crippen molar-refractivity contribution in [1.82, 2.24) is 0 Å². The van der Waals surface area contributed by atoms with E-state index in [1.807, 2.05) is 6.92 Å². The van der Waals surface area contributed by atoms with E-state index < -0.39 is 17.2 Å². The van der Waals surface area contributed by atoms with E-state index >= 15 is 0 Å². The summed E-state index contributed by atoms with van der Waals surface area (Å²) >= 11 is 11.9. The molecule has 0 fully saturated rings. The van der Waals surface area contributed by atoms with E-state index in [0.29, 0.717) is 12.0 Å². The third-order valence-corrected chi connectivity index (χ3v) is 4.23. The van der Waals surface area contributed by atoms with Gasteiger partial charge in [0.15, 0.2) is 0 Å². The van der Waals surface area contributed by atoms with Crippen molar-refractivity contribution in [2.75, 3.05) is 7.11 Å². The molecule has 2 N–H and O–H groups in total. The van der Waals surface area contributed by atoms with E-state index in [0.717, 1.165) is 0 Å². The van der Waals surface area contributed by atoms with Gasteiger partial charge in [-0.05, 0) is 24.1 Å². The molecule has 0 aliphatic heterocycles. The third kappa shape index (κ3) is 3.43. The van der Waals surface area contributed by atoms with Crippen molar-refractivity contribution >= 4 is 29.2 Å². The molecule has 0 amide bonds. The number of rotatable bonds is 5. The molecule has 0 bridgehead atoms. The smallest absolute Gasteiger partial charge is 0.306 e. The Labute approximate surface area is 128 Å². The molecule has 0 saturated carbocycles. The van der Waals surface area contributed by atoms with Crippen LogP contribution in [0.1, 0.15) is 32.3 Å². The van der Waals surface area contributed by atoms with Crippen molar-refractivity contribution in [3.05, 3.63) is 33.6 Å². The van der Waals surface area contributed by atoms with Gasteiger partial charge in [0.2, 0.25) is 0 Å². The predicted octanol–water partition coefficient (Wildman–Crippen LogP) is 3.69. The maximum Gasteiger partial charge on any atom is 0.306 e. The van der Waals surface area contributed by atoms with Crippen LogP contribution in [0.15, 0.2) is 12.1 Å². The summed E-state index contributed by atoms with van der Waals surface area (Å²) in [5.41, 5.74) is 5.75. The first-order valence-corrected chi connectivity index (χ1v) is 6.99. The Hall–Kier alpha value is -0.840. The molecule has 0 heterocycles. The van der Waals surface area contributed by atoms with Gasteiger partial charge < -0.3 is 10.5 Å². The summed E-state index contributed by atoms with van der Waals surface area (Å²) in [5.74, 6) is -1.02. The lowest BCUT2D eigenvalue weighted by molar-refractivity contribution is -0.142. The van der Waals surface area contributed by atoms with Crippen LogP contribution in [0.25, 0.3) is 0 Å². The highest BCUT2D eigenvalue weighted by Crippen LogP contribution is 2.38. The van der Waals surface area contributed by atoms with Crippen LogP contribution in [-0.2, 0) is 14.9 Å². The van der Waals surface area contributed by atoms with Crippen LogP contribution in [0.2, 0.25) is 10.0 Å². The van der Waals surface area contributed by atoms with E-state index in [9.17, 15) is 9.18 Å². The van der Waals surface area contributed by atoms with Crippen LogP contribution in [0.5, 0.6) is 0 Å². The predicted molar refractivity (Wildman–Crippen MR) is 78.7 cm³/mol. The summed E-state index contributed by atoms with van der Waals surface area (Å²) in [5, 5.41) is 0.218. The molecule has 0 aromatic heterocycles. The van der Waals surface area contributed by atoms with E-state index in [-0.39, 0.29) is 22.5 Å². The Morgan fingerprint density at radius 3 is 2.55 bits per heavy atom. The minimum absolute atomic E-state index is 0.0132. The first-order valence-electron chi connectivity index (χ1n) is 6.23. The average molecular weight is 322 g/mol. The number of halogens is 3. The average Bonchev–Trinajstić information content (AvgIpc) is 2.41. The Morgan fingerprint density at radius 1 is 1.45 bits per heavy atom. The molecule has 1 aromatic rings. The quantitative estimate of drug-likeness (QED) is 0.664. The first-order chi connectivity index (χ1) is 9.26. The molecule has 1 aromatic carbocycles. The van der Waals surface area contributed by atoms with E-state index in [4.69, 9.17) is 33.7 Å². The van der Waals surface area contributed by atoms with Gasteiger partial charge in [-0.1, -0.05) is 37.0 Å². The minimum atomic E-state index is -0.829. The molecular weight excluding hydrogens is 304 g/mol. The Morgan fingerprint density at radius 2 is 2.05 bits per heavy atom. The summed E-state index contributed by atoms with van der Waals surface area (Å²) in [4.78, 5) is 11.6. The molecule has 0 spiro atoms. The zero-order chi connectivity index (χ0) is 15.5. The molecule has 20 heavy (non-hydrogen) atoms. The summed E-state index contributed by atoms with van der Waals surface area (Å²) in [6, 6.07) is 2.19. The standard InChI is InChI=1S/C14H18Cl2FNO2/c1-4-12(18)14(2,7-13(19)20-3)8-5-11(17)10(16)6-9(8)15/h5-6,12H,4,7,18H2,1-3H3. The second-order valence-corrected chi connectivity index (χ2v) is 5.75. The van der Waals surface area contributed by atoms with Gasteiger partial charge in [0.1, 0.15) is 5.82 Å². The zero-order valence-electron chi connectivity index (χ0n) is 11.7. The zero-order valence-corrected chi connectivity index (χ0v) is 13.2. The van der Waals surface area contributed by atoms with Gasteiger partial charge in [-0.15, -0.1) is 0 Å². The Balaban J connectivity index is 3.37. The molecule has 2 unspecified atom stereocenters. The van der Waals surface area contributed by atoms with Crippen molar-refractivity contribution < 1.29 is 13.9 Å². The molecule has 0 saturated heterocycles. The molecule has 0 radical (unpaired) electrons. The topological polar surface area (TPSA) is 52.3 Å². The van der Waals surface area contributed by atoms with E-state index in [2.05, 4.69) is 0 Å². The second kappa shape index (κ2) is 6.74. The lowest BCUT2D eigenvalue weighted by Gasteiger charge is -2.35. The highest BCUT2D eigenvalue weighted by Gasteiger charge is 2.37. The lowest BCUT2D eigenvalue weighted by Crippen LogP contribution is -2.44. The number of hydrogen-bond acceptors (Lipinski definition) is 3. The van der Waals surface area contributed by atoms with Crippen LogP contribution in [0.3, 0.4) is 0 Å². The molecule has 0 aliphatic carbocycles. The highest BCUT2D eigenvalue weighted by atomic mass is 35.5. The van der Waals surface area contributed by atoms with Crippen LogP contribution in [-0.4, -0.2) is 19.1 Å². The molecule has 0 aliphatic rings. The summed E-state index contributed by atoms with van der Waals surface area (Å²) in [6.07, 6.45) is 0.618. The number of hydrogen-bond donors (Lipinski definition) is 1. The van der Waals surface area contributed by atoms with Crippen LogP contribution in [0, 0.1) is 5.82 Å². The molecule has 3 nitrogen and oxygen atoms in total. The fourth-order valence-corrected chi connectivity index (χ4v) is 2.81. The van der Waals surface area contributed by atoms with Crippen LogP contribution in [0.4, 0.5) is 4.39 Å². The van der Waals surface area contributed by atoms with E-state index in [1.165, 1.54) is 19.2 Å². The van der Waals surface area contributed by atoms with Gasteiger partial charge >= 0.3 is 5.97 Å². The fraction of sp³-hybridized carbons (Fsp3) is 0.500. The minimum Gasteiger partial charge on any atom is -0.469 e. The Bertz CT molecular complexity index is 510. The maximum absolute atomic E-state index is 13.7. The van der Waals surface area contributed by atoms with Crippen molar-refractivity contribution in [2.45, 2.75) is 38.1 Å². The van der Waals surface area contributed by atoms with Crippen LogP contribution < -0.4 is 5.73 Å². The van der Waals surface area contributed by atoms with Crippen molar-refractivity contribution in [3.63, 3.8) is 0 Å². The SMILES string of the molecule is CCC(N)C(C)(CC(=O)OC)c1cc(F)c(Cl)cc1Cl. The normalized spacial score (nSPS) is 15.6. The van der Waals surface area contributed by atoms with Gasteiger partial charge in [0.05, 0.1) is 18.6 Å². The lowest BCUT2D eigenvalue weighted by atomic mass is 9.72. The first kappa shape index (κ1) is 17.2. The van der Waals surface area contributed by atoms with Crippen LogP contribution >= 0.6 is 23.2 Å². The van der Waals surface area contributed by atoms with Gasteiger partial charge in [0.25, 0.3) is 0 Å². The highest BCUT2D eigenvalue weighted by molar-refractivity contribution is 6.35. The number of nitrogens with two attached hydrogens (primary N) is 1. The molecule has 6 heteroatoms. The van der Waals surface area contributed by atoms with E-state index in [1.54, 1.807) is 6.92 Å². The number of esters is 1. The monoisotopic (exact) mass is 321 g/mol. The van der Waals surface area contributed by atoms with Crippen molar-refractivity contribution in [3.8, 4) is 0 Å². The Kier molecular flexibility index (Phi) is 5.80. The number of carbonyl (C=O) groups is 1. The van der Waals surface area contributed by atoms with Crippen molar-refractivity contribution in [2.24, 2.45) is 5.73 Å². The fourth-order valence-electron chi connectivity index (χ4n) is 2.21. The second-order valence-electron chi connectivity index (χ2n) is 4.93. The molecular formula is C14H18Cl2FNO2. The van der Waals surface area contributed by atoms with Gasteiger partial charge in [0, 0.05) is 16.5 Å². The van der Waals surface area contributed by atoms with Gasteiger partial charge in [-0.3, -0.25) is 4.79 Å². The number of methoxy groups -OCH3 is 1. The summed E-state index contributed by atoms with van der Waals surface area (Å²) in [7, 11) is 1.30. The van der Waals surface area contributed by atoms with Crippen molar-refractivity contribution in [1.29, 1.82) is 0 Å². The number of carbonyl (C=O) groups excluding carboxylic acids is 1. The summed E-state index contributed by atoms with van der Waals surface area (Å²) in [6.45, 7) is 3.66.